The number of unbranched alkanes of at least 4 members (excludes halogenated alkanes) is 29. The van der Waals surface area contributed by atoms with E-state index in [2.05, 4.69) is 26.0 Å². The highest BCUT2D eigenvalue weighted by Gasteiger charge is 2.47. The fraction of sp³-hybridized carbons (Fsp3) is 0.927. The first-order valence-electron chi connectivity index (χ1n) is 28.3. The number of aliphatic hydroxyl groups excluding tert-OH is 7. The van der Waals surface area contributed by atoms with Crippen LogP contribution in [0.2, 0.25) is 0 Å². The van der Waals surface area contributed by atoms with E-state index in [0.29, 0.717) is 12.8 Å². The van der Waals surface area contributed by atoms with Crippen molar-refractivity contribution >= 4 is 11.9 Å². The van der Waals surface area contributed by atoms with E-state index in [0.717, 1.165) is 44.9 Å². The van der Waals surface area contributed by atoms with Crippen molar-refractivity contribution in [2.45, 2.75) is 300 Å². The Morgan fingerprint density at radius 1 is 0.443 bits per heavy atom. The molecule has 2 fully saturated rings. The molecule has 0 aromatic carbocycles. The van der Waals surface area contributed by atoms with Gasteiger partial charge in [0.25, 0.3) is 0 Å². The van der Waals surface area contributed by atoms with Gasteiger partial charge in [0.2, 0.25) is 0 Å². The Kier molecular flexibility index (Phi) is 39.1. The van der Waals surface area contributed by atoms with Crippen LogP contribution in [-0.4, -0.2) is 142 Å². The second-order valence-corrected chi connectivity index (χ2v) is 20.1. The fourth-order valence-corrected chi connectivity index (χ4v) is 9.10. The summed E-state index contributed by atoms with van der Waals surface area (Å²) in [7, 11) is 0. The van der Waals surface area contributed by atoms with Crippen LogP contribution in [0.4, 0.5) is 0 Å². The zero-order valence-corrected chi connectivity index (χ0v) is 43.8. The number of carbonyl (C=O) groups is 2. The van der Waals surface area contributed by atoms with Crippen molar-refractivity contribution in [3.05, 3.63) is 12.2 Å². The number of ether oxygens (including phenoxy) is 6. The lowest BCUT2D eigenvalue weighted by molar-refractivity contribution is -0.332. The van der Waals surface area contributed by atoms with Gasteiger partial charge in [0.05, 0.1) is 19.8 Å². The molecule has 0 amide bonds. The zero-order chi connectivity index (χ0) is 51.0. The van der Waals surface area contributed by atoms with E-state index in [1.165, 1.54) is 148 Å². The predicted octanol–water partition coefficient (Wildman–Crippen LogP) is 8.94. The molecule has 2 aliphatic rings. The number of rotatable bonds is 45. The molecule has 0 radical (unpaired) electrons. The van der Waals surface area contributed by atoms with Crippen molar-refractivity contribution < 1.29 is 73.8 Å². The van der Waals surface area contributed by atoms with E-state index in [1.54, 1.807) is 0 Å². The molecular formula is C55H102O15. The van der Waals surface area contributed by atoms with E-state index < -0.39 is 92.7 Å². The number of allylic oxidation sites excluding steroid dienone is 2. The Morgan fingerprint density at radius 2 is 0.814 bits per heavy atom. The summed E-state index contributed by atoms with van der Waals surface area (Å²) >= 11 is 0. The predicted molar refractivity (Wildman–Crippen MR) is 271 cm³/mol. The van der Waals surface area contributed by atoms with Crippen LogP contribution in [0, 0.1) is 0 Å². The third kappa shape index (κ3) is 29.8. The molecule has 2 saturated heterocycles. The molecule has 11 atom stereocenters. The lowest BCUT2D eigenvalue weighted by atomic mass is 9.98. The maximum absolute atomic E-state index is 13.0. The summed E-state index contributed by atoms with van der Waals surface area (Å²) in [5.74, 6) is -0.929. The van der Waals surface area contributed by atoms with Gasteiger partial charge in [-0.05, 0) is 38.5 Å². The van der Waals surface area contributed by atoms with Gasteiger partial charge in [-0.2, -0.15) is 0 Å². The minimum absolute atomic E-state index is 0.168. The molecule has 0 aromatic rings. The van der Waals surface area contributed by atoms with Crippen molar-refractivity contribution in [3.8, 4) is 0 Å². The number of aliphatic hydroxyl groups is 7. The molecule has 0 saturated carbocycles. The molecule has 412 valence electrons. The highest BCUT2D eigenvalue weighted by Crippen LogP contribution is 2.27. The van der Waals surface area contributed by atoms with Gasteiger partial charge in [-0.3, -0.25) is 9.59 Å². The Bertz CT molecular complexity index is 1270. The maximum atomic E-state index is 13.0. The van der Waals surface area contributed by atoms with Gasteiger partial charge >= 0.3 is 11.9 Å². The third-order valence-corrected chi connectivity index (χ3v) is 13.7. The molecule has 15 nitrogen and oxygen atoms in total. The first-order valence-corrected chi connectivity index (χ1v) is 28.3. The van der Waals surface area contributed by atoms with Crippen LogP contribution in [0.5, 0.6) is 0 Å². The lowest BCUT2D eigenvalue weighted by Gasteiger charge is -2.42. The minimum Gasteiger partial charge on any atom is -0.462 e. The highest BCUT2D eigenvalue weighted by molar-refractivity contribution is 5.70. The molecule has 15 heteroatoms. The average Bonchev–Trinajstić information content (AvgIpc) is 3.35. The van der Waals surface area contributed by atoms with Crippen LogP contribution in [-0.2, 0) is 38.0 Å². The second kappa shape index (κ2) is 42.6. The molecule has 4 unspecified atom stereocenters. The fourth-order valence-electron chi connectivity index (χ4n) is 9.10. The van der Waals surface area contributed by atoms with Gasteiger partial charge in [0.1, 0.15) is 55.4 Å². The monoisotopic (exact) mass is 1000 g/mol. The van der Waals surface area contributed by atoms with Crippen LogP contribution >= 0.6 is 0 Å². The first-order chi connectivity index (χ1) is 34.0. The Hall–Kier alpha value is -1.76. The van der Waals surface area contributed by atoms with Gasteiger partial charge < -0.3 is 64.2 Å². The normalized spacial score (nSPS) is 25.4. The maximum Gasteiger partial charge on any atom is 0.306 e. The van der Waals surface area contributed by atoms with Crippen LogP contribution in [0.1, 0.15) is 232 Å². The smallest absolute Gasteiger partial charge is 0.306 e. The van der Waals surface area contributed by atoms with E-state index in [4.69, 9.17) is 28.4 Å². The zero-order valence-electron chi connectivity index (χ0n) is 43.8. The summed E-state index contributed by atoms with van der Waals surface area (Å²) in [5, 5.41) is 72.2. The van der Waals surface area contributed by atoms with E-state index in [1.807, 2.05) is 0 Å². The highest BCUT2D eigenvalue weighted by atomic mass is 16.7. The minimum atomic E-state index is -1.76. The summed E-state index contributed by atoms with van der Waals surface area (Å²) in [6, 6.07) is 0. The Balaban J connectivity index is 1.77. The molecule has 2 aliphatic heterocycles. The molecule has 0 aromatic heterocycles. The van der Waals surface area contributed by atoms with Crippen molar-refractivity contribution in [1.29, 1.82) is 0 Å². The van der Waals surface area contributed by atoms with E-state index in [-0.39, 0.29) is 26.1 Å². The van der Waals surface area contributed by atoms with Crippen molar-refractivity contribution in [1.82, 2.24) is 0 Å². The second-order valence-electron chi connectivity index (χ2n) is 20.1. The Labute approximate surface area is 422 Å². The standard InChI is InChI=1S/C55H102O15/c1-3-5-7-9-11-13-15-17-19-20-21-22-24-26-28-30-32-34-36-38-47(58)68-43(40-65-46(57)37-35-33-31-29-27-25-23-18-16-14-12-10-8-6-4-2)41-66-54-53(64)51(62)49(60)45(70-54)42-67-55-52(63)50(61)48(59)44(39-56)69-55/h25,27,43-45,48-56,59-64H,3-24,26,28-42H2,1-2H3/b27-25+/t43-,44+,45+,48-,49-,50?,51?,52?,53?,54+,55+/m1/s1. The number of hydrogen-bond donors (Lipinski definition) is 7. The summed E-state index contributed by atoms with van der Waals surface area (Å²) < 4.78 is 33.7. The van der Waals surface area contributed by atoms with Gasteiger partial charge in [-0.15, -0.1) is 0 Å². The first kappa shape index (κ1) is 64.4. The van der Waals surface area contributed by atoms with Gasteiger partial charge in [0, 0.05) is 12.8 Å². The lowest BCUT2D eigenvalue weighted by Crippen LogP contribution is -2.61. The topological polar surface area (TPSA) is 231 Å². The number of carbonyl (C=O) groups excluding carboxylic acids is 2. The van der Waals surface area contributed by atoms with Gasteiger partial charge in [-0.1, -0.05) is 193 Å². The van der Waals surface area contributed by atoms with Gasteiger partial charge in [-0.25, -0.2) is 0 Å². The average molecular weight is 1000 g/mol. The third-order valence-electron chi connectivity index (χ3n) is 13.7. The molecule has 0 aliphatic carbocycles. The molecule has 0 bridgehead atoms. The van der Waals surface area contributed by atoms with Crippen molar-refractivity contribution in [2.24, 2.45) is 0 Å². The molecule has 70 heavy (non-hydrogen) atoms. The molecular weight excluding hydrogens is 901 g/mol. The SMILES string of the molecule is CCCCCCCCCC/C=C/CCCCCC(=O)OC[C@H](CO[C@H]1O[C@@H](CO[C@H]2O[C@@H](CO)[C@@H](O)C(O)C2O)[C@@H](O)C(O)C1O)OC(=O)CCCCCCCCCCCCCCCCCCCCC. The van der Waals surface area contributed by atoms with E-state index >= 15 is 0 Å². The number of esters is 2. The largest absolute Gasteiger partial charge is 0.462 e. The van der Waals surface area contributed by atoms with Crippen molar-refractivity contribution in [3.63, 3.8) is 0 Å². The van der Waals surface area contributed by atoms with Crippen LogP contribution in [0.3, 0.4) is 0 Å². The van der Waals surface area contributed by atoms with E-state index in [9.17, 15) is 45.3 Å². The summed E-state index contributed by atoms with van der Waals surface area (Å²) in [6.45, 7) is 2.62. The van der Waals surface area contributed by atoms with Crippen LogP contribution in [0.15, 0.2) is 12.2 Å². The van der Waals surface area contributed by atoms with Crippen LogP contribution in [0.25, 0.3) is 0 Å². The Morgan fingerprint density at radius 3 is 1.27 bits per heavy atom. The van der Waals surface area contributed by atoms with Crippen LogP contribution < -0.4 is 0 Å². The summed E-state index contributed by atoms with van der Waals surface area (Å²) in [5.41, 5.74) is 0. The molecule has 0 spiro atoms. The van der Waals surface area contributed by atoms with Gasteiger partial charge in [0.15, 0.2) is 18.7 Å². The summed E-state index contributed by atoms with van der Waals surface area (Å²) in [6.07, 6.45) is 26.6. The van der Waals surface area contributed by atoms with Crippen molar-refractivity contribution in [2.75, 3.05) is 26.4 Å². The molecule has 2 rings (SSSR count). The molecule has 7 N–H and O–H groups in total. The quantitative estimate of drug-likeness (QED) is 0.0172. The molecule has 2 heterocycles. The summed E-state index contributed by atoms with van der Waals surface area (Å²) in [4.78, 5) is 25.8. The number of hydrogen-bond acceptors (Lipinski definition) is 15.